The Kier molecular flexibility index (Phi) is 14.7. The molecule has 0 aromatic heterocycles. The summed E-state index contributed by atoms with van der Waals surface area (Å²) in [5.74, 6) is -0.434. The van der Waals surface area contributed by atoms with Crippen molar-refractivity contribution in [2.24, 2.45) is 0 Å². The molecule has 1 aromatic rings. The van der Waals surface area contributed by atoms with Gasteiger partial charge in [0.25, 0.3) is 0 Å². The summed E-state index contributed by atoms with van der Waals surface area (Å²) in [6.45, 7) is 5.33. The maximum Gasteiger partial charge on any atom is 0.338 e. The van der Waals surface area contributed by atoms with E-state index >= 15 is 0 Å². The van der Waals surface area contributed by atoms with Crippen LogP contribution in [-0.2, 0) is 30.6 Å². The summed E-state index contributed by atoms with van der Waals surface area (Å²) >= 11 is 0. The maximum atomic E-state index is 12.7. The third-order valence-electron chi connectivity index (χ3n) is 7.19. The molecule has 0 N–H and O–H groups in total. The lowest BCUT2D eigenvalue weighted by Gasteiger charge is -2.33. The first-order valence-electron chi connectivity index (χ1n) is 13.9. The van der Waals surface area contributed by atoms with E-state index < -0.39 is 16.3 Å². The van der Waals surface area contributed by atoms with Crippen LogP contribution in [0.2, 0.25) is 0 Å². The van der Waals surface area contributed by atoms with Crippen LogP contribution in [0, 0.1) is 0 Å². The summed E-state index contributed by atoms with van der Waals surface area (Å²) in [4.78, 5) is 14.0. The summed E-state index contributed by atoms with van der Waals surface area (Å²) in [5, 5.41) is 0. The average Bonchev–Trinajstić information content (AvgIpc) is 2.91. The molecule has 0 heterocycles. The summed E-state index contributed by atoms with van der Waals surface area (Å²) in [5.41, 5.74) is 1.08. The van der Waals surface area contributed by atoms with Crippen molar-refractivity contribution in [3.63, 3.8) is 0 Å². The van der Waals surface area contributed by atoms with Gasteiger partial charge in [0.15, 0.2) is 0 Å². The molecule has 0 atom stereocenters. The van der Waals surface area contributed by atoms with Crippen molar-refractivity contribution in [1.29, 1.82) is 0 Å². The normalized spacial score (nSPS) is 18.4. The molecule has 8 nitrogen and oxygen atoms in total. The first-order chi connectivity index (χ1) is 17.8. The molecule has 37 heavy (non-hydrogen) atoms. The van der Waals surface area contributed by atoms with Gasteiger partial charge in [-0.2, -0.15) is 12.7 Å². The minimum absolute atomic E-state index is 0.0816. The zero-order valence-corrected chi connectivity index (χ0v) is 24.1. The second-order valence-corrected chi connectivity index (χ2v) is 11.8. The van der Waals surface area contributed by atoms with E-state index in [9.17, 15) is 13.2 Å². The van der Waals surface area contributed by atoms with Crippen molar-refractivity contribution in [3.05, 3.63) is 35.4 Å². The highest BCUT2D eigenvalue weighted by Gasteiger charge is 2.31. The second-order valence-electron chi connectivity index (χ2n) is 10.2. The third-order valence-corrected chi connectivity index (χ3v) is 8.61. The fraction of sp³-hybridized carbons (Fsp3) is 0.750. The molecule has 0 bridgehead atoms. The number of unbranched alkanes of at least 4 members (excludes halogenated alkanes) is 5. The Bertz CT molecular complexity index is 869. The number of benzene rings is 1. The molecular weight excluding hydrogens is 492 g/mol. The molecule has 1 saturated carbocycles. The fourth-order valence-corrected chi connectivity index (χ4v) is 5.70. The first kappa shape index (κ1) is 31.7. The number of rotatable bonds is 18. The number of carbonyl (C=O) groups is 1. The van der Waals surface area contributed by atoms with Crippen molar-refractivity contribution in [2.45, 2.75) is 96.3 Å². The molecule has 0 radical (unpaired) electrons. The predicted octanol–water partition coefficient (Wildman–Crippen LogP) is 5.18. The molecular formula is C28H48N2O6S. The summed E-state index contributed by atoms with van der Waals surface area (Å²) in [7, 11) is 1.27. The number of hydrogen-bond donors (Lipinski definition) is 0. The van der Waals surface area contributed by atoms with Crippen LogP contribution < -0.4 is 0 Å². The number of hydrogen-bond acceptors (Lipinski definition) is 7. The largest absolute Gasteiger partial charge is 0.465 e. The Morgan fingerprint density at radius 1 is 0.919 bits per heavy atom. The van der Waals surface area contributed by atoms with Gasteiger partial charge in [0.2, 0.25) is 0 Å². The van der Waals surface area contributed by atoms with Gasteiger partial charge >= 0.3 is 16.3 Å². The number of carbonyl (C=O) groups excluding carboxylic acids is 1. The summed E-state index contributed by atoms with van der Waals surface area (Å²) < 4.78 is 42.8. The van der Waals surface area contributed by atoms with Crippen LogP contribution >= 0.6 is 0 Å². The van der Waals surface area contributed by atoms with Crippen molar-refractivity contribution in [2.75, 3.05) is 40.9 Å². The molecule has 2 rings (SSSR count). The predicted molar refractivity (Wildman–Crippen MR) is 147 cm³/mol. The van der Waals surface area contributed by atoms with E-state index in [1.807, 2.05) is 0 Å². The number of esters is 1. The topological polar surface area (TPSA) is 85.4 Å². The zero-order chi connectivity index (χ0) is 27.1. The Balaban J connectivity index is 1.59. The second kappa shape index (κ2) is 17.1. The fourth-order valence-electron chi connectivity index (χ4n) is 4.67. The van der Waals surface area contributed by atoms with E-state index in [0.717, 1.165) is 38.7 Å². The molecule has 0 aliphatic heterocycles. The van der Waals surface area contributed by atoms with E-state index in [-0.39, 0.29) is 18.8 Å². The van der Waals surface area contributed by atoms with Gasteiger partial charge in [-0.05, 0) is 82.8 Å². The van der Waals surface area contributed by atoms with Crippen molar-refractivity contribution < 1.29 is 26.9 Å². The number of methoxy groups -OCH3 is 1. The van der Waals surface area contributed by atoms with E-state index in [1.54, 1.807) is 31.3 Å². The minimum atomic E-state index is -3.85. The zero-order valence-electron chi connectivity index (χ0n) is 23.3. The Labute approximate surface area is 224 Å². The molecule has 1 aliphatic carbocycles. The molecule has 212 valence electrons. The van der Waals surface area contributed by atoms with Gasteiger partial charge < -0.3 is 14.4 Å². The monoisotopic (exact) mass is 540 g/mol. The van der Waals surface area contributed by atoms with E-state index in [0.29, 0.717) is 11.1 Å². The SMILES string of the molecule is CCCCCN(C)CCCCCCO[C@H]1CC[C@H](N(C)S(=O)(=O)OCc2ccc(C(=O)OC)cc2)CC1. The number of ether oxygens (including phenoxy) is 2. The molecule has 1 aliphatic rings. The first-order valence-corrected chi connectivity index (χ1v) is 15.2. The molecule has 9 heteroatoms. The van der Waals surface area contributed by atoms with Crippen molar-refractivity contribution >= 4 is 16.3 Å². The van der Waals surface area contributed by atoms with Gasteiger partial charge in [-0.25, -0.2) is 4.79 Å². The van der Waals surface area contributed by atoms with Crippen LogP contribution in [0.1, 0.15) is 93.5 Å². The molecule has 0 unspecified atom stereocenters. The number of nitrogens with zero attached hydrogens (tertiary/aromatic N) is 2. The van der Waals surface area contributed by atoms with E-state index in [4.69, 9.17) is 8.92 Å². The van der Waals surface area contributed by atoms with Crippen molar-refractivity contribution in [1.82, 2.24) is 9.21 Å². The van der Waals surface area contributed by atoms with E-state index in [2.05, 4.69) is 23.6 Å². The molecule has 0 spiro atoms. The van der Waals surface area contributed by atoms with Gasteiger partial charge in [0.05, 0.1) is 25.4 Å². The van der Waals surface area contributed by atoms with Crippen LogP contribution in [0.25, 0.3) is 0 Å². The van der Waals surface area contributed by atoms with Crippen LogP contribution in [0.4, 0.5) is 0 Å². The lowest BCUT2D eigenvalue weighted by Crippen LogP contribution is -2.41. The highest BCUT2D eigenvalue weighted by Crippen LogP contribution is 2.27. The highest BCUT2D eigenvalue weighted by molar-refractivity contribution is 7.84. The Morgan fingerprint density at radius 2 is 1.54 bits per heavy atom. The Morgan fingerprint density at radius 3 is 2.16 bits per heavy atom. The van der Waals surface area contributed by atoms with Gasteiger partial charge in [-0.1, -0.05) is 44.7 Å². The molecule has 0 amide bonds. The lowest BCUT2D eigenvalue weighted by atomic mass is 9.93. The third kappa shape index (κ3) is 11.8. The highest BCUT2D eigenvalue weighted by atomic mass is 32.2. The quantitative estimate of drug-likeness (QED) is 0.187. The standard InChI is InChI=1S/C28H48N2O6S/c1-5-6-9-20-29(2)21-10-7-8-11-22-35-27-18-16-26(17-19-27)30(3)37(32,33)36-23-24-12-14-25(15-13-24)28(31)34-4/h12-15,26-27H,5-11,16-23H2,1-4H3/t26-,27-. The van der Waals surface area contributed by atoms with E-state index in [1.165, 1.54) is 63.0 Å². The van der Waals surface area contributed by atoms with Gasteiger partial charge in [0, 0.05) is 19.7 Å². The van der Waals surface area contributed by atoms with Crippen LogP contribution in [0.5, 0.6) is 0 Å². The lowest BCUT2D eigenvalue weighted by molar-refractivity contribution is 0.0147. The van der Waals surface area contributed by atoms with Gasteiger partial charge in [0.1, 0.15) is 0 Å². The van der Waals surface area contributed by atoms with Crippen LogP contribution in [0.3, 0.4) is 0 Å². The Hall–Kier alpha value is -1.52. The molecule has 1 fully saturated rings. The van der Waals surface area contributed by atoms with Gasteiger partial charge in [-0.3, -0.25) is 4.18 Å². The molecule has 1 aromatic carbocycles. The van der Waals surface area contributed by atoms with Crippen LogP contribution in [-0.4, -0.2) is 76.6 Å². The van der Waals surface area contributed by atoms with Gasteiger partial charge in [-0.15, -0.1) is 0 Å². The average molecular weight is 541 g/mol. The smallest absolute Gasteiger partial charge is 0.338 e. The molecule has 0 saturated heterocycles. The summed E-state index contributed by atoms with van der Waals surface area (Å²) in [6, 6.07) is 6.43. The van der Waals surface area contributed by atoms with Crippen LogP contribution in [0.15, 0.2) is 24.3 Å². The minimum Gasteiger partial charge on any atom is -0.465 e. The maximum absolute atomic E-state index is 12.7. The van der Waals surface area contributed by atoms with Crippen molar-refractivity contribution in [3.8, 4) is 0 Å². The summed E-state index contributed by atoms with van der Waals surface area (Å²) in [6.07, 6.45) is 12.1.